The molecule has 0 aliphatic heterocycles. The number of hydrogen-bond donors (Lipinski definition) is 1. The summed E-state index contributed by atoms with van der Waals surface area (Å²) in [6.07, 6.45) is 0.739. The van der Waals surface area contributed by atoms with Gasteiger partial charge in [-0.15, -0.1) is 10.2 Å². The number of hydrogen-bond acceptors (Lipinski definition) is 4. The molecule has 0 saturated heterocycles. The molecule has 5 nitrogen and oxygen atoms in total. The van der Waals surface area contributed by atoms with Gasteiger partial charge in [-0.25, -0.2) is 0 Å². The van der Waals surface area contributed by atoms with Gasteiger partial charge in [0.25, 0.3) is 0 Å². The second-order valence-electron chi connectivity index (χ2n) is 5.10. The summed E-state index contributed by atoms with van der Waals surface area (Å²) < 4.78 is 0. The van der Waals surface area contributed by atoms with Gasteiger partial charge in [-0.2, -0.15) is 4.80 Å². The van der Waals surface area contributed by atoms with E-state index in [2.05, 4.69) is 15.4 Å². The molecule has 14 heavy (non-hydrogen) atoms. The van der Waals surface area contributed by atoms with Gasteiger partial charge >= 0.3 is 0 Å². The quantitative estimate of drug-likeness (QED) is 0.716. The maximum absolute atomic E-state index is 9.97. The van der Waals surface area contributed by atoms with Crippen LogP contribution in [0.25, 0.3) is 0 Å². The predicted molar refractivity (Wildman–Crippen MR) is 50.5 cm³/mol. The van der Waals surface area contributed by atoms with Crippen molar-refractivity contribution in [1.82, 2.24) is 20.2 Å². The van der Waals surface area contributed by atoms with Gasteiger partial charge in [0.15, 0.2) is 0 Å². The van der Waals surface area contributed by atoms with Gasteiger partial charge in [0.2, 0.25) is 5.82 Å². The van der Waals surface area contributed by atoms with Gasteiger partial charge in [0.05, 0.1) is 5.54 Å². The maximum Gasteiger partial charge on any atom is 0.206 e. The van der Waals surface area contributed by atoms with Gasteiger partial charge in [0.1, 0.15) is 5.60 Å². The molecule has 1 aromatic heterocycles. The van der Waals surface area contributed by atoms with E-state index in [1.807, 2.05) is 27.7 Å². The van der Waals surface area contributed by atoms with E-state index >= 15 is 0 Å². The Kier molecular flexibility index (Phi) is 1.73. The molecule has 0 amide bonds. The molecule has 0 aromatic carbocycles. The Morgan fingerprint density at radius 3 is 2.43 bits per heavy atom. The average molecular weight is 196 g/mol. The molecular weight excluding hydrogens is 180 g/mol. The van der Waals surface area contributed by atoms with Crippen LogP contribution in [0.2, 0.25) is 0 Å². The number of tetrazole rings is 1. The lowest BCUT2D eigenvalue weighted by Crippen LogP contribution is -2.25. The minimum absolute atomic E-state index is 0.181. The summed E-state index contributed by atoms with van der Waals surface area (Å²) in [5.41, 5.74) is -0.997. The van der Waals surface area contributed by atoms with Crippen LogP contribution in [0.15, 0.2) is 0 Å². The smallest absolute Gasteiger partial charge is 0.206 e. The summed E-state index contributed by atoms with van der Waals surface area (Å²) in [6.45, 7) is 7.98. The zero-order valence-corrected chi connectivity index (χ0v) is 9.02. The summed E-state index contributed by atoms with van der Waals surface area (Å²) in [5.74, 6) is 0.708. The highest BCUT2D eigenvalue weighted by Gasteiger charge is 2.54. The summed E-state index contributed by atoms with van der Waals surface area (Å²) in [5, 5.41) is 22.0. The predicted octanol–water partition coefficient (Wildman–Crippen LogP) is 0.655. The Bertz CT molecular complexity index is 354. The molecule has 2 atom stereocenters. The summed E-state index contributed by atoms with van der Waals surface area (Å²) in [4.78, 5) is 1.55. The van der Waals surface area contributed by atoms with Gasteiger partial charge in [0, 0.05) is 0 Å². The van der Waals surface area contributed by atoms with Crippen LogP contribution in [0.1, 0.15) is 39.9 Å². The normalized spacial score (nSPS) is 31.9. The molecule has 2 rings (SSSR count). The van der Waals surface area contributed by atoms with Crippen molar-refractivity contribution in [3.63, 3.8) is 0 Å². The first-order chi connectivity index (χ1) is 6.34. The van der Waals surface area contributed by atoms with Crippen LogP contribution in [-0.2, 0) is 11.1 Å². The lowest BCUT2D eigenvalue weighted by molar-refractivity contribution is 0.123. The fourth-order valence-electron chi connectivity index (χ4n) is 1.39. The Labute approximate surface area is 83.1 Å². The molecule has 0 radical (unpaired) electrons. The largest absolute Gasteiger partial charge is 0.381 e. The molecule has 2 unspecified atom stereocenters. The molecule has 1 saturated carbocycles. The highest BCUT2D eigenvalue weighted by molar-refractivity contribution is 5.12. The second kappa shape index (κ2) is 2.53. The van der Waals surface area contributed by atoms with Crippen LogP contribution in [0, 0.1) is 5.92 Å². The van der Waals surface area contributed by atoms with E-state index in [4.69, 9.17) is 0 Å². The first-order valence-electron chi connectivity index (χ1n) is 4.87. The molecule has 0 bridgehead atoms. The van der Waals surface area contributed by atoms with Crippen LogP contribution >= 0.6 is 0 Å². The molecule has 1 aromatic rings. The molecule has 1 fully saturated rings. The zero-order valence-electron chi connectivity index (χ0n) is 9.02. The third kappa shape index (κ3) is 1.32. The average Bonchev–Trinajstić information content (AvgIpc) is 2.52. The van der Waals surface area contributed by atoms with E-state index in [1.54, 1.807) is 4.80 Å². The van der Waals surface area contributed by atoms with Crippen molar-refractivity contribution in [2.24, 2.45) is 5.92 Å². The van der Waals surface area contributed by atoms with E-state index in [-0.39, 0.29) is 11.5 Å². The standard InChI is InChI=1S/C9H16N4O/c1-6-5-9(6,14)7-10-12-13(11-7)8(2,3)4/h6,14H,5H2,1-4H3. The molecule has 1 N–H and O–H groups in total. The van der Waals surface area contributed by atoms with Crippen LogP contribution in [0.4, 0.5) is 0 Å². The lowest BCUT2D eigenvalue weighted by atomic mass is 10.1. The molecule has 1 aliphatic carbocycles. The van der Waals surface area contributed by atoms with E-state index in [0.29, 0.717) is 5.82 Å². The highest BCUT2D eigenvalue weighted by atomic mass is 16.3. The molecule has 5 heteroatoms. The Hall–Kier alpha value is -0.970. The maximum atomic E-state index is 9.97. The second-order valence-corrected chi connectivity index (χ2v) is 5.10. The van der Waals surface area contributed by atoms with Gasteiger partial charge in [-0.3, -0.25) is 0 Å². The van der Waals surface area contributed by atoms with Gasteiger partial charge in [-0.05, 0) is 38.3 Å². The minimum atomic E-state index is -0.816. The number of nitrogens with zero attached hydrogens (tertiary/aromatic N) is 4. The van der Waals surface area contributed by atoms with E-state index < -0.39 is 5.60 Å². The Balaban J connectivity index is 2.28. The topological polar surface area (TPSA) is 63.8 Å². The van der Waals surface area contributed by atoms with Gasteiger partial charge < -0.3 is 5.11 Å². The number of aliphatic hydroxyl groups is 1. The fraction of sp³-hybridized carbons (Fsp3) is 0.889. The number of rotatable bonds is 1. The van der Waals surface area contributed by atoms with Crippen molar-refractivity contribution in [1.29, 1.82) is 0 Å². The third-order valence-electron chi connectivity index (χ3n) is 2.67. The summed E-state index contributed by atoms with van der Waals surface area (Å²) >= 11 is 0. The first-order valence-corrected chi connectivity index (χ1v) is 4.87. The van der Waals surface area contributed by atoms with E-state index in [9.17, 15) is 5.11 Å². The van der Waals surface area contributed by atoms with Crippen LogP contribution in [0.5, 0.6) is 0 Å². The van der Waals surface area contributed by atoms with E-state index in [1.165, 1.54) is 0 Å². The Morgan fingerprint density at radius 1 is 1.50 bits per heavy atom. The minimum Gasteiger partial charge on any atom is -0.381 e. The zero-order chi connectivity index (χ0) is 10.6. The van der Waals surface area contributed by atoms with Crippen molar-refractivity contribution >= 4 is 0 Å². The first kappa shape index (κ1) is 9.58. The lowest BCUT2D eigenvalue weighted by Gasteiger charge is -2.15. The summed E-state index contributed by atoms with van der Waals surface area (Å²) in [6, 6.07) is 0. The van der Waals surface area contributed by atoms with Crippen molar-refractivity contribution in [2.45, 2.75) is 45.3 Å². The van der Waals surface area contributed by atoms with Crippen molar-refractivity contribution in [3.05, 3.63) is 5.82 Å². The summed E-state index contributed by atoms with van der Waals surface area (Å²) in [7, 11) is 0. The van der Waals surface area contributed by atoms with Crippen LogP contribution in [0.3, 0.4) is 0 Å². The van der Waals surface area contributed by atoms with Gasteiger partial charge in [-0.1, -0.05) is 6.92 Å². The van der Waals surface area contributed by atoms with Crippen molar-refractivity contribution < 1.29 is 5.11 Å². The molecule has 1 heterocycles. The monoisotopic (exact) mass is 196 g/mol. The molecule has 0 spiro atoms. The number of aromatic nitrogens is 4. The SMILES string of the molecule is CC1CC1(O)c1nnn(C(C)(C)C)n1. The third-order valence-corrected chi connectivity index (χ3v) is 2.67. The Morgan fingerprint density at radius 2 is 2.07 bits per heavy atom. The molecule has 78 valence electrons. The molecular formula is C9H16N4O. The highest BCUT2D eigenvalue weighted by Crippen LogP contribution is 2.49. The molecule has 1 aliphatic rings. The van der Waals surface area contributed by atoms with E-state index in [0.717, 1.165) is 6.42 Å². The van der Waals surface area contributed by atoms with Crippen LogP contribution in [-0.4, -0.2) is 25.3 Å². The van der Waals surface area contributed by atoms with Crippen LogP contribution < -0.4 is 0 Å². The van der Waals surface area contributed by atoms with Crippen molar-refractivity contribution in [3.8, 4) is 0 Å². The fourth-order valence-corrected chi connectivity index (χ4v) is 1.39. The van der Waals surface area contributed by atoms with Crippen molar-refractivity contribution in [2.75, 3.05) is 0 Å².